The van der Waals surface area contributed by atoms with Gasteiger partial charge in [0.2, 0.25) is 0 Å². The van der Waals surface area contributed by atoms with Crippen molar-refractivity contribution in [3.63, 3.8) is 0 Å². The second-order valence-electron chi connectivity index (χ2n) is 4.55. The van der Waals surface area contributed by atoms with Gasteiger partial charge >= 0.3 is 0 Å². The molecule has 18 heavy (non-hydrogen) atoms. The number of hydrogen-bond acceptors (Lipinski definition) is 2. The van der Waals surface area contributed by atoms with Gasteiger partial charge in [-0.3, -0.25) is 0 Å². The smallest absolute Gasteiger partial charge is 0.153 e. The molecule has 2 aromatic rings. The van der Waals surface area contributed by atoms with E-state index in [-0.39, 0.29) is 0 Å². The van der Waals surface area contributed by atoms with Gasteiger partial charge < -0.3 is 0 Å². The maximum absolute atomic E-state index is 6.02. The number of pyridine rings is 1. The number of hydrogen-bond donors (Lipinski definition) is 0. The highest BCUT2D eigenvalue weighted by Gasteiger charge is 2.10. The first kappa shape index (κ1) is 13.4. The van der Waals surface area contributed by atoms with Crippen molar-refractivity contribution in [2.75, 3.05) is 0 Å². The molecule has 0 spiro atoms. The lowest BCUT2D eigenvalue weighted by atomic mass is 10.1. The minimum Gasteiger partial charge on any atom is -0.233 e. The Bertz CT molecular complexity index is 542. The fraction of sp³-hybridized carbons (Fsp3) is 0.385. The third kappa shape index (κ3) is 2.68. The monoisotopic (exact) mass is 283 g/mol. The summed E-state index contributed by atoms with van der Waals surface area (Å²) in [7, 11) is 0. The third-order valence-electron chi connectivity index (χ3n) is 2.71. The second-order valence-corrected chi connectivity index (χ2v) is 5.23. The predicted molar refractivity (Wildman–Crippen MR) is 74.8 cm³/mol. The van der Waals surface area contributed by atoms with Crippen molar-refractivity contribution in [2.24, 2.45) is 0 Å². The largest absolute Gasteiger partial charge is 0.233 e. The van der Waals surface area contributed by atoms with Gasteiger partial charge in [0.15, 0.2) is 5.82 Å². The van der Waals surface area contributed by atoms with E-state index in [4.69, 9.17) is 23.2 Å². The van der Waals surface area contributed by atoms with Crippen LogP contribution in [0.2, 0.25) is 5.02 Å². The number of nitrogens with zero attached hydrogens (tertiary/aromatic N) is 3. The average Bonchev–Trinajstić information content (AvgIpc) is 2.69. The molecule has 0 fully saturated rings. The fourth-order valence-electron chi connectivity index (χ4n) is 1.64. The number of alkyl halides is 1. The van der Waals surface area contributed by atoms with Crippen LogP contribution in [0, 0.1) is 6.92 Å². The third-order valence-corrected chi connectivity index (χ3v) is 3.39. The Morgan fingerprint density at radius 2 is 2.06 bits per heavy atom. The van der Waals surface area contributed by atoms with Crippen LogP contribution >= 0.6 is 23.2 Å². The first-order chi connectivity index (χ1) is 8.51. The average molecular weight is 284 g/mol. The highest BCUT2D eigenvalue weighted by molar-refractivity contribution is 6.31. The minimum atomic E-state index is 0.346. The first-order valence-electron chi connectivity index (χ1n) is 5.80. The summed E-state index contributed by atoms with van der Waals surface area (Å²) in [6, 6.07) is 3.96. The second kappa shape index (κ2) is 5.29. The van der Waals surface area contributed by atoms with Crippen LogP contribution in [0.4, 0.5) is 0 Å². The first-order valence-corrected chi connectivity index (χ1v) is 6.71. The summed E-state index contributed by atoms with van der Waals surface area (Å²) in [5.41, 5.74) is 2.84. The molecular weight excluding hydrogens is 269 g/mol. The number of aromatic nitrogens is 3. The number of halogens is 2. The highest BCUT2D eigenvalue weighted by Crippen LogP contribution is 2.20. The quantitative estimate of drug-likeness (QED) is 0.795. The fourth-order valence-corrected chi connectivity index (χ4v) is 1.93. The molecular formula is C13H15Cl2N3. The Kier molecular flexibility index (Phi) is 3.93. The lowest BCUT2D eigenvalue weighted by Crippen LogP contribution is -2.04. The predicted octanol–water partition coefficient (Wildman–Crippen LogP) is 4.09. The molecule has 0 atom stereocenters. The minimum absolute atomic E-state index is 0.346. The van der Waals surface area contributed by atoms with Gasteiger partial charge in [-0.15, -0.1) is 11.6 Å². The zero-order chi connectivity index (χ0) is 13.3. The number of rotatable bonds is 3. The Morgan fingerprint density at radius 3 is 2.56 bits per heavy atom. The maximum atomic E-state index is 6.02. The molecule has 2 heterocycles. The Labute approximate surface area is 117 Å². The topological polar surface area (TPSA) is 30.7 Å². The normalized spacial score (nSPS) is 11.2. The molecule has 96 valence electrons. The van der Waals surface area contributed by atoms with Crippen LogP contribution in [0.3, 0.4) is 0 Å². The lowest BCUT2D eigenvalue weighted by molar-refractivity contribution is 0.776. The summed E-state index contributed by atoms with van der Waals surface area (Å²) >= 11 is 11.9. The van der Waals surface area contributed by atoms with Crippen LogP contribution in [-0.4, -0.2) is 14.8 Å². The van der Waals surface area contributed by atoms with Crippen molar-refractivity contribution < 1.29 is 0 Å². The van der Waals surface area contributed by atoms with Crippen molar-refractivity contribution in [2.45, 2.75) is 32.6 Å². The molecule has 2 aromatic heterocycles. The van der Waals surface area contributed by atoms with Crippen LogP contribution in [0.5, 0.6) is 0 Å². The lowest BCUT2D eigenvalue weighted by Gasteiger charge is -2.09. The molecule has 0 bridgehead atoms. The molecule has 0 aromatic carbocycles. The molecule has 0 aliphatic rings. The van der Waals surface area contributed by atoms with Crippen LogP contribution in [-0.2, 0) is 5.88 Å². The zero-order valence-electron chi connectivity index (χ0n) is 10.6. The van der Waals surface area contributed by atoms with Gasteiger partial charge in [-0.25, -0.2) is 9.67 Å². The van der Waals surface area contributed by atoms with E-state index in [2.05, 4.69) is 23.9 Å². The van der Waals surface area contributed by atoms with Crippen molar-refractivity contribution >= 4 is 23.2 Å². The van der Waals surface area contributed by atoms with E-state index in [0.717, 1.165) is 22.8 Å². The molecule has 0 unspecified atom stereocenters. The molecule has 5 heteroatoms. The van der Waals surface area contributed by atoms with Crippen molar-refractivity contribution in [1.29, 1.82) is 0 Å². The molecule has 0 saturated heterocycles. The van der Waals surface area contributed by atoms with E-state index >= 15 is 0 Å². The summed E-state index contributed by atoms with van der Waals surface area (Å²) in [5.74, 6) is 1.56. The van der Waals surface area contributed by atoms with E-state index < -0.39 is 0 Å². The van der Waals surface area contributed by atoms with Gasteiger partial charge in [-0.2, -0.15) is 5.10 Å². The van der Waals surface area contributed by atoms with E-state index in [1.807, 2.05) is 19.1 Å². The molecule has 0 aliphatic carbocycles. The Balaban J connectivity index is 2.52. The molecule has 0 saturated carbocycles. The van der Waals surface area contributed by atoms with E-state index in [0.29, 0.717) is 16.8 Å². The van der Waals surface area contributed by atoms with E-state index in [1.54, 1.807) is 10.9 Å². The standard InChI is InChI=1S/C13H15Cl2N3/c1-8(2)12-4-10(6-14)5-13(16-12)18-7-11(15)9(3)17-18/h4-5,7-8H,6H2,1-3H3. The van der Waals surface area contributed by atoms with Gasteiger partial charge in [0.05, 0.1) is 16.9 Å². The van der Waals surface area contributed by atoms with Crippen LogP contribution in [0.15, 0.2) is 18.3 Å². The van der Waals surface area contributed by atoms with Gasteiger partial charge in [-0.1, -0.05) is 25.4 Å². The zero-order valence-corrected chi connectivity index (χ0v) is 12.1. The summed E-state index contributed by atoms with van der Waals surface area (Å²) < 4.78 is 1.69. The Morgan fingerprint density at radius 1 is 1.33 bits per heavy atom. The molecule has 2 rings (SSSR count). The highest BCUT2D eigenvalue weighted by atomic mass is 35.5. The van der Waals surface area contributed by atoms with Crippen LogP contribution in [0.1, 0.15) is 36.7 Å². The van der Waals surface area contributed by atoms with Gasteiger partial charge in [0.1, 0.15) is 0 Å². The van der Waals surface area contributed by atoms with Crippen molar-refractivity contribution in [3.8, 4) is 5.82 Å². The van der Waals surface area contributed by atoms with Crippen LogP contribution < -0.4 is 0 Å². The van der Waals surface area contributed by atoms with Crippen LogP contribution in [0.25, 0.3) is 5.82 Å². The van der Waals surface area contributed by atoms with Gasteiger partial charge in [-0.05, 0) is 30.5 Å². The molecule has 0 radical (unpaired) electrons. The van der Waals surface area contributed by atoms with E-state index in [9.17, 15) is 0 Å². The maximum Gasteiger partial charge on any atom is 0.153 e. The molecule has 0 aliphatic heterocycles. The van der Waals surface area contributed by atoms with E-state index in [1.165, 1.54) is 0 Å². The molecule has 0 N–H and O–H groups in total. The molecule has 3 nitrogen and oxygen atoms in total. The van der Waals surface area contributed by atoms with Gasteiger partial charge in [0.25, 0.3) is 0 Å². The SMILES string of the molecule is Cc1nn(-c2cc(CCl)cc(C(C)C)n2)cc1Cl. The number of aryl methyl sites for hydroxylation is 1. The van der Waals surface area contributed by atoms with Crippen molar-refractivity contribution in [1.82, 2.24) is 14.8 Å². The summed E-state index contributed by atoms with van der Waals surface area (Å²) in [6.07, 6.45) is 1.77. The summed E-state index contributed by atoms with van der Waals surface area (Å²) in [6.45, 7) is 6.07. The summed E-state index contributed by atoms with van der Waals surface area (Å²) in [5, 5.41) is 4.97. The molecule has 0 amide bonds. The van der Waals surface area contributed by atoms with Crippen molar-refractivity contribution in [3.05, 3.63) is 40.3 Å². The summed E-state index contributed by atoms with van der Waals surface area (Å²) in [4.78, 5) is 4.59. The van der Waals surface area contributed by atoms with Gasteiger partial charge in [0, 0.05) is 11.6 Å². The Hall–Kier alpha value is -1.06.